The second kappa shape index (κ2) is 9.65. The first-order valence-corrected chi connectivity index (χ1v) is 6.97. The Kier molecular flexibility index (Phi) is 8.19. The summed E-state index contributed by atoms with van der Waals surface area (Å²) >= 11 is 0. The first-order chi connectivity index (χ1) is 10.1. The molecule has 0 amide bonds. The lowest BCUT2D eigenvalue weighted by Gasteiger charge is -2.21. The minimum absolute atomic E-state index is 0.00624. The fourth-order valence-electron chi connectivity index (χ4n) is 2.05. The van der Waals surface area contributed by atoms with Crippen molar-refractivity contribution in [2.45, 2.75) is 13.0 Å². The van der Waals surface area contributed by atoms with Gasteiger partial charge in [0.2, 0.25) is 0 Å². The lowest BCUT2D eigenvalue weighted by molar-refractivity contribution is 0.196. The van der Waals surface area contributed by atoms with Gasteiger partial charge in [0, 0.05) is 47.5 Å². The molecule has 0 saturated carbocycles. The number of anilines is 1. The number of nitrogens with one attached hydrogen (secondary N) is 1. The standard InChI is InChI=1S/C15H24F2N2O2/c1-19(6-4-7-20-2)15-13(16)9-12(10-14(15)17)11-18-5-8-21-3/h9-10,18H,4-8,11H2,1-3H3. The summed E-state index contributed by atoms with van der Waals surface area (Å²) in [5.41, 5.74) is 0.585. The molecule has 1 rings (SSSR count). The first kappa shape index (κ1) is 17.8. The van der Waals surface area contributed by atoms with Crippen molar-refractivity contribution in [2.24, 2.45) is 0 Å². The zero-order chi connectivity index (χ0) is 15.7. The van der Waals surface area contributed by atoms with Gasteiger partial charge in [0.25, 0.3) is 0 Å². The van der Waals surface area contributed by atoms with E-state index in [1.165, 1.54) is 12.1 Å². The molecule has 0 aliphatic heterocycles. The van der Waals surface area contributed by atoms with Crippen molar-refractivity contribution in [1.29, 1.82) is 0 Å². The van der Waals surface area contributed by atoms with E-state index >= 15 is 0 Å². The molecule has 0 aliphatic rings. The summed E-state index contributed by atoms with van der Waals surface area (Å²) < 4.78 is 38.0. The molecule has 1 aromatic rings. The van der Waals surface area contributed by atoms with Crippen LogP contribution in [0.4, 0.5) is 14.5 Å². The van der Waals surface area contributed by atoms with Crippen molar-refractivity contribution in [3.05, 3.63) is 29.3 Å². The van der Waals surface area contributed by atoms with E-state index in [1.807, 2.05) is 0 Å². The number of halogens is 2. The van der Waals surface area contributed by atoms with Gasteiger partial charge in [0.15, 0.2) is 0 Å². The molecule has 0 aliphatic carbocycles. The summed E-state index contributed by atoms with van der Waals surface area (Å²) in [5.74, 6) is -1.09. The Morgan fingerprint density at radius 1 is 1.10 bits per heavy atom. The Bertz CT molecular complexity index is 407. The second-order valence-corrected chi connectivity index (χ2v) is 4.85. The summed E-state index contributed by atoms with van der Waals surface area (Å²) in [6, 6.07) is 2.73. The third kappa shape index (κ3) is 5.95. The van der Waals surface area contributed by atoms with Gasteiger partial charge in [-0.15, -0.1) is 0 Å². The van der Waals surface area contributed by atoms with Crippen LogP contribution in [-0.4, -0.2) is 47.6 Å². The van der Waals surface area contributed by atoms with E-state index in [1.54, 1.807) is 26.2 Å². The van der Waals surface area contributed by atoms with Gasteiger partial charge in [-0.1, -0.05) is 0 Å². The highest BCUT2D eigenvalue weighted by Gasteiger charge is 2.15. The van der Waals surface area contributed by atoms with Crippen LogP contribution in [0.5, 0.6) is 0 Å². The molecule has 21 heavy (non-hydrogen) atoms. The van der Waals surface area contributed by atoms with Crippen molar-refractivity contribution in [2.75, 3.05) is 52.5 Å². The predicted octanol–water partition coefficient (Wildman–Crippen LogP) is 2.17. The third-order valence-corrected chi connectivity index (χ3v) is 3.11. The van der Waals surface area contributed by atoms with E-state index in [0.717, 1.165) is 0 Å². The molecule has 120 valence electrons. The van der Waals surface area contributed by atoms with E-state index in [9.17, 15) is 8.78 Å². The molecule has 0 bridgehead atoms. The normalized spacial score (nSPS) is 10.9. The molecule has 0 atom stereocenters. The third-order valence-electron chi connectivity index (χ3n) is 3.11. The molecular weight excluding hydrogens is 278 g/mol. The highest BCUT2D eigenvalue weighted by molar-refractivity contribution is 5.50. The van der Waals surface area contributed by atoms with Crippen LogP contribution < -0.4 is 10.2 Å². The highest BCUT2D eigenvalue weighted by Crippen LogP contribution is 2.24. The van der Waals surface area contributed by atoms with Crippen LogP contribution in [0.3, 0.4) is 0 Å². The van der Waals surface area contributed by atoms with Crippen molar-refractivity contribution in [1.82, 2.24) is 5.32 Å². The summed E-state index contributed by atoms with van der Waals surface area (Å²) in [5, 5.41) is 3.06. The van der Waals surface area contributed by atoms with Crippen molar-refractivity contribution >= 4 is 5.69 Å². The van der Waals surface area contributed by atoms with Crippen LogP contribution in [0.15, 0.2) is 12.1 Å². The minimum Gasteiger partial charge on any atom is -0.385 e. The fourth-order valence-corrected chi connectivity index (χ4v) is 2.05. The molecule has 6 heteroatoms. The van der Waals surface area contributed by atoms with Gasteiger partial charge in [-0.25, -0.2) is 8.78 Å². The van der Waals surface area contributed by atoms with E-state index in [-0.39, 0.29) is 5.69 Å². The maximum atomic E-state index is 14.1. The number of nitrogens with zero attached hydrogens (tertiary/aromatic N) is 1. The number of hydrogen-bond acceptors (Lipinski definition) is 4. The molecule has 0 aromatic heterocycles. The molecule has 1 aromatic carbocycles. The molecular formula is C15H24F2N2O2. The van der Waals surface area contributed by atoms with Crippen molar-refractivity contribution in [3.63, 3.8) is 0 Å². The summed E-state index contributed by atoms with van der Waals surface area (Å²) in [6.45, 7) is 2.71. The summed E-state index contributed by atoms with van der Waals surface area (Å²) in [4.78, 5) is 1.58. The minimum atomic E-state index is -0.543. The molecule has 0 radical (unpaired) electrons. The van der Waals surface area contributed by atoms with Crippen molar-refractivity contribution in [3.8, 4) is 0 Å². The van der Waals surface area contributed by atoms with Crippen LogP contribution in [0.1, 0.15) is 12.0 Å². The quantitative estimate of drug-likeness (QED) is 0.672. The summed E-state index contributed by atoms with van der Waals surface area (Å²) in [6.07, 6.45) is 0.714. The van der Waals surface area contributed by atoms with Crippen molar-refractivity contribution < 1.29 is 18.3 Å². The molecule has 4 nitrogen and oxygen atoms in total. The Morgan fingerprint density at radius 3 is 2.29 bits per heavy atom. The fraction of sp³-hybridized carbons (Fsp3) is 0.600. The largest absolute Gasteiger partial charge is 0.385 e. The molecule has 0 heterocycles. The molecule has 0 fully saturated rings. The number of ether oxygens (including phenoxy) is 2. The molecule has 1 N–H and O–H groups in total. The van der Waals surface area contributed by atoms with E-state index < -0.39 is 11.6 Å². The van der Waals surface area contributed by atoms with Gasteiger partial charge in [0.1, 0.15) is 17.3 Å². The van der Waals surface area contributed by atoms with Gasteiger partial charge >= 0.3 is 0 Å². The monoisotopic (exact) mass is 302 g/mol. The zero-order valence-corrected chi connectivity index (χ0v) is 12.9. The maximum Gasteiger partial charge on any atom is 0.149 e. The topological polar surface area (TPSA) is 33.7 Å². The Balaban J connectivity index is 2.66. The molecule has 0 saturated heterocycles. The van der Waals surface area contributed by atoms with E-state index in [0.29, 0.717) is 44.8 Å². The van der Waals surface area contributed by atoms with Gasteiger partial charge in [-0.2, -0.15) is 0 Å². The zero-order valence-electron chi connectivity index (χ0n) is 12.9. The van der Waals surface area contributed by atoms with E-state index in [2.05, 4.69) is 5.32 Å². The lowest BCUT2D eigenvalue weighted by atomic mass is 10.1. The lowest BCUT2D eigenvalue weighted by Crippen LogP contribution is -2.23. The van der Waals surface area contributed by atoms with Gasteiger partial charge < -0.3 is 19.7 Å². The number of hydrogen-bond donors (Lipinski definition) is 1. The Labute approximate surface area is 125 Å². The van der Waals surface area contributed by atoms with Crippen LogP contribution in [0, 0.1) is 11.6 Å². The van der Waals surface area contributed by atoms with Crippen LogP contribution >= 0.6 is 0 Å². The average Bonchev–Trinajstić information content (AvgIpc) is 2.43. The van der Waals surface area contributed by atoms with Crippen LogP contribution in [0.25, 0.3) is 0 Å². The molecule has 0 spiro atoms. The summed E-state index contributed by atoms with van der Waals surface area (Å²) in [7, 11) is 4.88. The highest BCUT2D eigenvalue weighted by atomic mass is 19.1. The van der Waals surface area contributed by atoms with Crippen LogP contribution in [0.2, 0.25) is 0 Å². The van der Waals surface area contributed by atoms with Gasteiger partial charge in [-0.05, 0) is 24.1 Å². The maximum absolute atomic E-state index is 14.1. The number of benzene rings is 1. The molecule has 0 unspecified atom stereocenters. The SMILES string of the molecule is COCCCN(C)c1c(F)cc(CNCCOC)cc1F. The van der Waals surface area contributed by atoms with Gasteiger partial charge in [-0.3, -0.25) is 0 Å². The second-order valence-electron chi connectivity index (χ2n) is 4.85. The predicted molar refractivity (Wildman–Crippen MR) is 79.7 cm³/mol. The van der Waals surface area contributed by atoms with Gasteiger partial charge in [0.05, 0.1) is 6.61 Å². The van der Waals surface area contributed by atoms with E-state index in [4.69, 9.17) is 9.47 Å². The smallest absolute Gasteiger partial charge is 0.149 e. The number of methoxy groups -OCH3 is 2. The van der Waals surface area contributed by atoms with Crippen LogP contribution in [-0.2, 0) is 16.0 Å². The Morgan fingerprint density at radius 2 is 1.71 bits per heavy atom. The Hall–Kier alpha value is -1.24. The number of rotatable bonds is 10. The first-order valence-electron chi connectivity index (χ1n) is 6.97. The average molecular weight is 302 g/mol.